The average molecular weight is 247 g/mol. The lowest BCUT2D eigenvalue weighted by molar-refractivity contribution is 0.0914. The van der Waals surface area contributed by atoms with Gasteiger partial charge in [-0.2, -0.15) is 5.26 Å². The Bertz CT molecular complexity index is 423. The van der Waals surface area contributed by atoms with Gasteiger partial charge in [0.25, 0.3) is 0 Å². The van der Waals surface area contributed by atoms with Gasteiger partial charge in [0.2, 0.25) is 0 Å². The Kier molecular flexibility index (Phi) is 4.00. The first kappa shape index (κ1) is 13.1. The van der Waals surface area contributed by atoms with Crippen molar-refractivity contribution >= 4 is 0 Å². The number of piperazine rings is 1. The third-order valence-electron chi connectivity index (χ3n) is 3.70. The van der Waals surface area contributed by atoms with Crippen molar-refractivity contribution in [3.8, 4) is 6.07 Å². The fourth-order valence-electron chi connectivity index (χ4n) is 2.48. The van der Waals surface area contributed by atoms with Crippen LogP contribution in [0.4, 0.5) is 0 Å². The predicted molar refractivity (Wildman–Crippen MR) is 69.8 cm³/mol. The SMILES string of the molecule is CC(C)N1CCN(C(C#N)c2cncn2C)CC1. The zero-order valence-electron chi connectivity index (χ0n) is 11.4. The van der Waals surface area contributed by atoms with E-state index in [1.165, 1.54) is 0 Å². The van der Waals surface area contributed by atoms with Gasteiger partial charge in [-0.05, 0) is 13.8 Å². The minimum atomic E-state index is -0.174. The van der Waals surface area contributed by atoms with E-state index >= 15 is 0 Å². The van der Waals surface area contributed by atoms with Crippen LogP contribution in [0.2, 0.25) is 0 Å². The van der Waals surface area contributed by atoms with E-state index in [1.54, 1.807) is 12.5 Å². The van der Waals surface area contributed by atoms with Crippen molar-refractivity contribution in [2.24, 2.45) is 7.05 Å². The number of rotatable bonds is 3. The summed E-state index contributed by atoms with van der Waals surface area (Å²) < 4.78 is 1.93. The van der Waals surface area contributed by atoms with Crippen LogP contribution in [0.1, 0.15) is 25.6 Å². The first-order chi connectivity index (χ1) is 8.63. The lowest BCUT2D eigenvalue weighted by Crippen LogP contribution is -2.49. The molecule has 5 heteroatoms. The van der Waals surface area contributed by atoms with Crippen molar-refractivity contribution in [3.63, 3.8) is 0 Å². The molecule has 1 aliphatic rings. The maximum atomic E-state index is 9.40. The van der Waals surface area contributed by atoms with Crippen LogP contribution < -0.4 is 0 Å². The van der Waals surface area contributed by atoms with E-state index in [-0.39, 0.29) is 6.04 Å². The molecule has 0 aliphatic carbocycles. The number of hydrogen-bond acceptors (Lipinski definition) is 4. The van der Waals surface area contributed by atoms with Crippen LogP contribution >= 0.6 is 0 Å². The van der Waals surface area contributed by atoms with Crippen LogP contribution in [0.3, 0.4) is 0 Å². The lowest BCUT2D eigenvalue weighted by atomic mass is 10.1. The van der Waals surface area contributed by atoms with Gasteiger partial charge in [-0.3, -0.25) is 9.80 Å². The Morgan fingerprint density at radius 1 is 1.22 bits per heavy atom. The predicted octanol–water partition coefficient (Wildman–Crippen LogP) is 1.01. The molecule has 0 saturated carbocycles. The molecule has 1 aromatic rings. The maximum Gasteiger partial charge on any atom is 0.140 e. The van der Waals surface area contributed by atoms with E-state index in [0.717, 1.165) is 31.9 Å². The van der Waals surface area contributed by atoms with Gasteiger partial charge in [-0.25, -0.2) is 4.98 Å². The van der Waals surface area contributed by atoms with Gasteiger partial charge in [0, 0.05) is 39.3 Å². The molecule has 1 saturated heterocycles. The summed E-state index contributed by atoms with van der Waals surface area (Å²) in [6.45, 7) is 8.40. The topological polar surface area (TPSA) is 48.1 Å². The maximum absolute atomic E-state index is 9.40. The van der Waals surface area contributed by atoms with Crippen LogP contribution in [-0.4, -0.2) is 51.6 Å². The largest absolute Gasteiger partial charge is 0.335 e. The molecule has 0 bridgehead atoms. The molecule has 0 N–H and O–H groups in total. The van der Waals surface area contributed by atoms with Gasteiger partial charge in [-0.1, -0.05) is 0 Å². The van der Waals surface area contributed by atoms with E-state index in [0.29, 0.717) is 6.04 Å². The van der Waals surface area contributed by atoms with Crippen LogP contribution in [-0.2, 0) is 7.05 Å². The zero-order valence-corrected chi connectivity index (χ0v) is 11.4. The van der Waals surface area contributed by atoms with E-state index in [9.17, 15) is 5.26 Å². The van der Waals surface area contributed by atoms with Crippen molar-refractivity contribution in [1.82, 2.24) is 19.4 Å². The third-order valence-corrected chi connectivity index (χ3v) is 3.70. The quantitative estimate of drug-likeness (QED) is 0.800. The first-order valence-corrected chi connectivity index (χ1v) is 6.47. The number of imidazole rings is 1. The molecule has 0 radical (unpaired) electrons. The molecular weight excluding hydrogens is 226 g/mol. The highest BCUT2D eigenvalue weighted by Crippen LogP contribution is 2.21. The van der Waals surface area contributed by atoms with E-state index in [4.69, 9.17) is 0 Å². The second kappa shape index (κ2) is 5.51. The molecule has 1 aliphatic heterocycles. The van der Waals surface area contributed by atoms with E-state index < -0.39 is 0 Å². The average Bonchev–Trinajstić information content (AvgIpc) is 2.78. The Morgan fingerprint density at radius 3 is 2.28 bits per heavy atom. The van der Waals surface area contributed by atoms with Crippen molar-refractivity contribution in [2.75, 3.05) is 26.2 Å². The Hall–Kier alpha value is -1.38. The van der Waals surface area contributed by atoms with Crippen molar-refractivity contribution < 1.29 is 0 Å². The zero-order chi connectivity index (χ0) is 13.1. The molecule has 1 fully saturated rings. The van der Waals surface area contributed by atoms with Gasteiger partial charge in [0.15, 0.2) is 0 Å². The number of aromatic nitrogens is 2. The summed E-state index contributed by atoms with van der Waals surface area (Å²) in [6, 6.07) is 2.82. The third kappa shape index (κ3) is 2.55. The van der Waals surface area contributed by atoms with Gasteiger partial charge >= 0.3 is 0 Å². The van der Waals surface area contributed by atoms with Crippen LogP contribution in [0.5, 0.6) is 0 Å². The fraction of sp³-hybridized carbons (Fsp3) is 0.692. The minimum Gasteiger partial charge on any atom is -0.335 e. The van der Waals surface area contributed by atoms with Gasteiger partial charge in [-0.15, -0.1) is 0 Å². The molecule has 2 rings (SSSR count). The fourth-order valence-corrected chi connectivity index (χ4v) is 2.48. The Morgan fingerprint density at radius 2 is 1.83 bits per heavy atom. The van der Waals surface area contributed by atoms with Crippen LogP contribution in [0.25, 0.3) is 0 Å². The summed E-state index contributed by atoms with van der Waals surface area (Å²) in [7, 11) is 1.94. The van der Waals surface area contributed by atoms with E-state index in [1.807, 2.05) is 11.6 Å². The van der Waals surface area contributed by atoms with Crippen molar-refractivity contribution in [1.29, 1.82) is 5.26 Å². The van der Waals surface area contributed by atoms with Gasteiger partial charge < -0.3 is 4.57 Å². The molecule has 98 valence electrons. The summed E-state index contributed by atoms with van der Waals surface area (Å²) in [5, 5.41) is 9.40. The summed E-state index contributed by atoms with van der Waals surface area (Å²) in [6.07, 6.45) is 3.55. The van der Waals surface area contributed by atoms with Gasteiger partial charge in [0.1, 0.15) is 6.04 Å². The highest BCUT2D eigenvalue weighted by molar-refractivity contribution is 5.14. The molecule has 0 aromatic carbocycles. The van der Waals surface area contributed by atoms with Crippen molar-refractivity contribution in [3.05, 3.63) is 18.2 Å². The van der Waals surface area contributed by atoms with E-state index in [2.05, 4.69) is 34.7 Å². The van der Waals surface area contributed by atoms with Gasteiger partial charge in [0.05, 0.1) is 24.3 Å². The number of nitriles is 1. The van der Waals surface area contributed by atoms with Crippen LogP contribution in [0, 0.1) is 11.3 Å². The molecule has 5 nitrogen and oxygen atoms in total. The summed E-state index contributed by atoms with van der Waals surface area (Å²) >= 11 is 0. The Labute approximate surface area is 109 Å². The summed E-state index contributed by atoms with van der Waals surface area (Å²) in [4.78, 5) is 8.80. The minimum absolute atomic E-state index is 0.174. The molecule has 1 aromatic heterocycles. The highest BCUT2D eigenvalue weighted by Gasteiger charge is 2.27. The second-order valence-corrected chi connectivity index (χ2v) is 5.13. The normalized spacial score (nSPS) is 19.9. The molecule has 0 amide bonds. The Balaban J connectivity index is 2.04. The molecule has 2 heterocycles. The first-order valence-electron chi connectivity index (χ1n) is 6.47. The number of nitrogens with zero attached hydrogens (tertiary/aromatic N) is 5. The standard InChI is InChI=1S/C13H21N5/c1-11(2)17-4-6-18(7-5-17)12(8-14)13-9-15-10-16(13)3/h9-12H,4-7H2,1-3H3. The second-order valence-electron chi connectivity index (χ2n) is 5.13. The number of aryl methyl sites for hydroxylation is 1. The highest BCUT2D eigenvalue weighted by atomic mass is 15.3. The molecule has 1 atom stereocenters. The summed E-state index contributed by atoms with van der Waals surface area (Å²) in [5.41, 5.74) is 0.982. The summed E-state index contributed by atoms with van der Waals surface area (Å²) in [5.74, 6) is 0. The molecule has 18 heavy (non-hydrogen) atoms. The monoisotopic (exact) mass is 247 g/mol. The lowest BCUT2D eigenvalue weighted by Gasteiger charge is -2.38. The molecule has 1 unspecified atom stereocenters. The van der Waals surface area contributed by atoms with Crippen molar-refractivity contribution in [2.45, 2.75) is 25.9 Å². The number of hydrogen-bond donors (Lipinski definition) is 0. The van der Waals surface area contributed by atoms with Crippen LogP contribution in [0.15, 0.2) is 12.5 Å². The molecule has 0 spiro atoms. The molecular formula is C13H21N5. The smallest absolute Gasteiger partial charge is 0.140 e.